The molecule has 0 amide bonds. The number of carbonyl (C=O) groups excluding carboxylic acids is 1. The van der Waals surface area contributed by atoms with Crippen molar-refractivity contribution in [1.82, 2.24) is 0 Å². The fourth-order valence-electron chi connectivity index (χ4n) is 1.56. The van der Waals surface area contributed by atoms with Crippen LogP contribution in [0, 0.1) is 0 Å². The Hall–Kier alpha value is -1.91. The summed E-state index contributed by atoms with van der Waals surface area (Å²) < 4.78 is 15.2. The Morgan fingerprint density at radius 1 is 1.33 bits per heavy atom. The van der Waals surface area contributed by atoms with Crippen molar-refractivity contribution in [2.75, 3.05) is 20.8 Å². The lowest BCUT2D eigenvalue weighted by atomic mass is 10.1. The van der Waals surface area contributed by atoms with Gasteiger partial charge in [0, 0.05) is 0 Å². The molecule has 15 heavy (non-hydrogen) atoms. The van der Waals surface area contributed by atoms with Crippen LogP contribution in [0.3, 0.4) is 0 Å². The maximum Gasteiger partial charge on any atom is 0.208 e. The van der Waals surface area contributed by atoms with E-state index in [2.05, 4.69) is 0 Å². The van der Waals surface area contributed by atoms with Crippen LogP contribution < -0.4 is 14.2 Å². The molecule has 2 rings (SSSR count). The molecule has 1 aromatic carbocycles. The number of phenolic OH excluding ortho intramolecular Hbond substituents is 1. The van der Waals surface area contributed by atoms with E-state index in [9.17, 15) is 9.90 Å². The molecule has 0 atom stereocenters. The van der Waals surface area contributed by atoms with E-state index in [1.807, 2.05) is 0 Å². The van der Waals surface area contributed by atoms with Crippen molar-refractivity contribution in [3.05, 3.63) is 11.6 Å². The zero-order valence-corrected chi connectivity index (χ0v) is 8.36. The lowest BCUT2D eigenvalue weighted by molar-refractivity contribution is 0.0960. The molecule has 0 fully saturated rings. The maximum absolute atomic E-state index is 11.4. The Balaban J connectivity index is 2.69. The predicted octanol–water partition coefficient (Wildman–Crippen LogP) is 0.984. The normalized spacial score (nSPS) is 13.3. The molecule has 0 unspecified atom stereocenters. The number of methoxy groups -OCH3 is 2. The Kier molecular flexibility index (Phi) is 2.15. The molecule has 1 heterocycles. The molecule has 0 aromatic heterocycles. The van der Waals surface area contributed by atoms with Gasteiger partial charge in [0.25, 0.3) is 0 Å². The molecule has 80 valence electrons. The van der Waals surface area contributed by atoms with Crippen molar-refractivity contribution in [3.8, 4) is 23.0 Å². The van der Waals surface area contributed by atoms with Gasteiger partial charge in [-0.3, -0.25) is 4.79 Å². The minimum absolute atomic E-state index is 0.0295. The highest BCUT2D eigenvalue weighted by Gasteiger charge is 2.29. The van der Waals surface area contributed by atoms with Gasteiger partial charge in [-0.2, -0.15) is 0 Å². The minimum Gasteiger partial charge on any atom is -0.504 e. The second kappa shape index (κ2) is 3.34. The minimum atomic E-state index is -0.179. The van der Waals surface area contributed by atoms with Crippen LogP contribution >= 0.6 is 0 Å². The lowest BCUT2D eigenvalue weighted by Crippen LogP contribution is -1.98. The average molecular weight is 210 g/mol. The highest BCUT2D eigenvalue weighted by Crippen LogP contribution is 2.47. The van der Waals surface area contributed by atoms with E-state index in [-0.39, 0.29) is 29.6 Å². The van der Waals surface area contributed by atoms with Gasteiger partial charge in [0.05, 0.1) is 19.8 Å². The van der Waals surface area contributed by atoms with Crippen molar-refractivity contribution in [3.63, 3.8) is 0 Å². The van der Waals surface area contributed by atoms with Crippen LogP contribution in [0.15, 0.2) is 6.07 Å². The number of ether oxygens (including phenoxy) is 3. The largest absolute Gasteiger partial charge is 0.504 e. The molecular formula is C10H10O5. The summed E-state index contributed by atoms with van der Waals surface area (Å²) >= 11 is 0. The van der Waals surface area contributed by atoms with E-state index in [4.69, 9.17) is 14.2 Å². The number of fused-ring (bicyclic) bond motifs is 1. The molecule has 5 nitrogen and oxygen atoms in total. The van der Waals surface area contributed by atoms with Gasteiger partial charge in [-0.1, -0.05) is 0 Å². The van der Waals surface area contributed by atoms with E-state index in [1.165, 1.54) is 20.3 Å². The fraction of sp³-hybridized carbons (Fsp3) is 0.300. The van der Waals surface area contributed by atoms with Crippen molar-refractivity contribution >= 4 is 5.78 Å². The van der Waals surface area contributed by atoms with Crippen LogP contribution in [0.2, 0.25) is 0 Å². The number of hydrogen-bond donors (Lipinski definition) is 1. The predicted molar refractivity (Wildman–Crippen MR) is 51.0 cm³/mol. The highest BCUT2D eigenvalue weighted by atomic mass is 16.5. The number of aromatic hydroxyl groups is 1. The van der Waals surface area contributed by atoms with E-state index in [0.29, 0.717) is 11.3 Å². The number of phenols is 1. The summed E-state index contributed by atoms with van der Waals surface area (Å²) in [5.41, 5.74) is 0.324. The third-order valence-electron chi connectivity index (χ3n) is 2.23. The Bertz CT molecular complexity index is 424. The third-order valence-corrected chi connectivity index (χ3v) is 2.23. The summed E-state index contributed by atoms with van der Waals surface area (Å²) in [7, 11) is 2.82. The first-order valence-electron chi connectivity index (χ1n) is 4.33. The number of rotatable bonds is 2. The summed E-state index contributed by atoms with van der Waals surface area (Å²) in [6, 6.07) is 1.33. The zero-order chi connectivity index (χ0) is 11.0. The second-order valence-corrected chi connectivity index (χ2v) is 3.05. The number of carbonyl (C=O) groups is 1. The summed E-state index contributed by atoms with van der Waals surface area (Å²) in [6.45, 7) is -0.0295. The van der Waals surface area contributed by atoms with Crippen LogP contribution in [0.1, 0.15) is 10.4 Å². The smallest absolute Gasteiger partial charge is 0.208 e. The summed E-state index contributed by atoms with van der Waals surface area (Å²) in [4.78, 5) is 11.4. The first kappa shape index (κ1) is 9.64. The number of Topliss-reactive ketones (excluding diaryl/α,β-unsaturated/α-hetero) is 1. The number of ketones is 1. The maximum atomic E-state index is 11.4. The molecule has 1 aliphatic heterocycles. The van der Waals surface area contributed by atoms with Gasteiger partial charge in [-0.05, 0) is 6.07 Å². The van der Waals surface area contributed by atoms with E-state index < -0.39 is 0 Å². The molecule has 1 N–H and O–H groups in total. The zero-order valence-electron chi connectivity index (χ0n) is 8.36. The van der Waals surface area contributed by atoms with Gasteiger partial charge in [0.1, 0.15) is 0 Å². The van der Waals surface area contributed by atoms with Crippen LogP contribution in [0.25, 0.3) is 0 Å². The van der Waals surface area contributed by atoms with Gasteiger partial charge >= 0.3 is 0 Å². The Morgan fingerprint density at radius 3 is 2.60 bits per heavy atom. The van der Waals surface area contributed by atoms with E-state index >= 15 is 0 Å². The summed E-state index contributed by atoms with van der Waals surface area (Å²) in [6.07, 6.45) is 0. The summed E-state index contributed by atoms with van der Waals surface area (Å²) in [5, 5.41) is 9.59. The van der Waals surface area contributed by atoms with E-state index in [1.54, 1.807) is 0 Å². The molecule has 5 heteroatoms. The summed E-state index contributed by atoms with van der Waals surface area (Å²) in [5.74, 6) is 0.439. The first-order valence-corrected chi connectivity index (χ1v) is 4.33. The molecule has 0 radical (unpaired) electrons. The van der Waals surface area contributed by atoms with Crippen LogP contribution in [0.5, 0.6) is 23.0 Å². The average Bonchev–Trinajstić information content (AvgIpc) is 2.58. The molecule has 1 aromatic rings. The van der Waals surface area contributed by atoms with Gasteiger partial charge in [-0.25, -0.2) is 0 Å². The van der Waals surface area contributed by atoms with Crippen LogP contribution in [0.4, 0.5) is 0 Å². The highest BCUT2D eigenvalue weighted by molar-refractivity contribution is 6.04. The van der Waals surface area contributed by atoms with Gasteiger partial charge in [0.15, 0.2) is 18.1 Å². The standard InChI is InChI=1S/C10H10O5/c1-13-9-6(11)3-5-7(12)4-15-8(5)10(9)14-2/h3,11H,4H2,1-2H3. The van der Waals surface area contributed by atoms with Crippen molar-refractivity contribution < 1.29 is 24.1 Å². The van der Waals surface area contributed by atoms with Gasteiger partial charge in [0.2, 0.25) is 17.3 Å². The molecule has 0 bridgehead atoms. The lowest BCUT2D eigenvalue weighted by Gasteiger charge is -2.12. The SMILES string of the molecule is COc1c(O)cc2c(c1OC)OCC2=O. The van der Waals surface area contributed by atoms with Crippen molar-refractivity contribution in [1.29, 1.82) is 0 Å². The topological polar surface area (TPSA) is 65.0 Å². The van der Waals surface area contributed by atoms with Crippen molar-refractivity contribution in [2.45, 2.75) is 0 Å². The molecular weight excluding hydrogens is 200 g/mol. The molecule has 0 saturated heterocycles. The number of benzene rings is 1. The third kappa shape index (κ3) is 1.27. The molecule has 0 aliphatic carbocycles. The first-order chi connectivity index (χ1) is 7.19. The number of hydrogen-bond acceptors (Lipinski definition) is 5. The van der Waals surface area contributed by atoms with Crippen LogP contribution in [-0.2, 0) is 0 Å². The molecule has 0 spiro atoms. The Morgan fingerprint density at radius 2 is 2.00 bits per heavy atom. The van der Waals surface area contributed by atoms with Gasteiger partial charge in [-0.15, -0.1) is 0 Å². The molecule has 1 aliphatic rings. The quantitative estimate of drug-likeness (QED) is 0.788. The fourth-order valence-corrected chi connectivity index (χ4v) is 1.56. The monoisotopic (exact) mass is 210 g/mol. The van der Waals surface area contributed by atoms with Crippen molar-refractivity contribution in [2.24, 2.45) is 0 Å². The Labute approximate surface area is 86.2 Å². The van der Waals surface area contributed by atoms with Gasteiger partial charge < -0.3 is 19.3 Å². The van der Waals surface area contributed by atoms with E-state index in [0.717, 1.165) is 0 Å². The molecule has 0 saturated carbocycles. The van der Waals surface area contributed by atoms with Crippen LogP contribution in [-0.4, -0.2) is 31.7 Å². The second-order valence-electron chi connectivity index (χ2n) is 3.05.